The van der Waals surface area contributed by atoms with E-state index in [0.717, 1.165) is 12.1 Å². The van der Waals surface area contributed by atoms with E-state index in [4.69, 9.17) is 4.74 Å². The van der Waals surface area contributed by atoms with Crippen molar-refractivity contribution in [1.82, 2.24) is 9.78 Å². The second kappa shape index (κ2) is 4.07. The predicted octanol–water partition coefficient (Wildman–Crippen LogP) is 1.09. The second-order valence-electron chi connectivity index (χ2n) is 2.86. The zero-order valence-corrected chi connectivity index (χ0v) is 8.15. The largest absolute Gasteiger partial charge is 0.469 e. The van der Waals surface area contributed by atoms with Crippen molar-refractivity contribution in [1.29, 1.82) is 0 Å². The van der Waals surface area contributed by atoms with Gasteiger partial charge < -0.3 is 4.74 Å². The van der Waals surface area contributed by atoms with Gasteiger partial charge in [0.1, 0.15) is 0 Å². The summed E-state index contributed by atoms with van der Waals surface area (Å²) in [6, 6.07) is 1.84. The third-order valence-corrected chi connectivity index (χ3v) is 2.11. The Labute approximate surface area is 77.5 Å². The summed E-state index contributed by atoms with van der Waals surface area (Å²) in [5.41, 5.74) is 0.898. The lowest BCUT2D eigenvalue weighted by Gasteiger charge is -2.11. The van der Waals surface area contributed by atoms with E-state index in [1.165, 1.54) is 7.11 Å². The highest BCUT2D eigenvalue weighted by Gasteiger charge is 2.21. The molecule has 1 atom stereocenters. The molecule has 1 unspecified atom stereocenters. The third-order valence-electron chi connectivity index (χ3n) is 2.11. The van der Waals surface area contributed by atoms with Crippen molar-refractivity contribution < 1.29 is 9.53 Å². The maximum absolute atomic E-state index is 11.3. The van der Waals surface area contributed by atoms with Crippen molar-refractivity contribution in [3.63, 3.8) is 0 Å². The number of rotatable bonds is 3. The molecule has 1 aromatic heterocycles. The van der Waals surface area contributed by atoms with Crippen molar-refractivity contribution in [2.75, 3.05) is 7.11 Å². The lowest BCUT2D eigenvalue weighted by Crippen LogP contribution is -2.16. The van der Waals surface area contributed by atoms with Crippen LogP contribution in [0.25, 0.3) is 0 Å². The fraction of sp³-hybridized carbons (Fsp3) is 0.556. The summed E-state index contributed by atoms with van der Waals surface area (Å²) in [5, 5.41) is 4.01. The van der Waals surface area contributed by atoms with E-state index in [0.29, 0.717) is 0 Å². The van der Waals surface area contributed by atoms with Gasteiger partial charge in [0.05, 0.1) is 18.7 Å². The molecule has 72 valence electrons. The summed E-state index contributed by atoms with van der Waals surface area (Å²) in [6.07, 6.45) is 2.41. The number of carbonyl (C=O) groups is 1. The molecule has 0 fully saturated rings. The molecular formula is C9H14N2O2. The summed E-state index contributed by atoms with van der Waals surface area (Å²) >= 11 is 0. The number of hydrogen-bond donors (Lipinski definition) is 0. The molecule has 0 saturated carbocycles. The first-order valence-electron chi connectivity index (χ1n) is 4.26. The Morgan fingerprint density at radius 3 is 2.85 bits per heavy atom. The molecule has 0 amide bonds. The zero-order chi connectivity index (χ0) is 9.84. The van der Waals surface area contributed by atoms with Crippen LogP contribution in [-0.4, -0.2) is 22.9 Å². The monoisotopic (exact) mass is 182 g/mol. The molecule has 1 aromatic rings. The first kappa shape index (κ1) is 9.77. The topological polar surface area (TPSA) is 44.1 Å². The molecule has 0 aromatic carbocycles. The number of aromatic nitrogens is 2. The highest BCUT2D eigenvalue weighted by atomic mass is 16.5. The maximum atomic E-state index is 11.3. The third kappa shape index (κ3) is 1.88. The van der Waals surface area contributed by atoms with E-state index in [9.17, 15) is 4.79 Å². The fourth-order valence-electron chi connectivity index (χ4n) is 1.36. The molecular weight excluding hydrogens is 168 g/mol. The van der Waals surface area contributed by atoms with Crippen molar-refractivity contribution in [3.05, 3.63) is 18.0 Å². The Bertz CT molecular complexity index is 294. The molecule has 0 N–H and O–H groups in total. The molecule has 0 aliphatic heterocycles. The molecule has 1 rings (SSSR count). The van der Waals surface area contributed by atoms with Gasteiger partial charge in [-0.2, -0.15) is 5.10 Å². The molecule has 1 heterocycles. The molecule has 0 saturated heterocycles. The van der Waals surface area contributed by atoms with Gasteiger partial charge in [0.15, 0.2) is 0 Å². The van der Waals surface area contributed by atoms with Crippen LogP contribution in [0.1, 0.15) is 25.0 Å². The lowest BCUT2D eigenvalue weighted by molar-refractivity contribution is -0.142. The molecule has 4 heteroatoms. The van der Waals surface area contributed by atoms with Crippen molar-refractivity contribution in [3.8, 4) is 0 Å². The van der Waals surface area contributed by atoms with Crippen molar-refractivity contribution in [2.45, 2.75) is 19.3 Å². The molecule has 0 aliphatic rings. The predicted molar refractivity (Wildman–Crippen MR) is 48.3 cm³/mol. The standard InChI is InChI=1S/C9H14N2O2/c1-4-7(9(12)13-3)8-5-6-10-11(8)2/h5-7H,4H2,1-3H3. The minimum atomic E-state index is -0.203. The van der Waals surface area contributed by atoms with Crippen LogP contribution in [-0.2, 0) is 16.6 Å². The van der Waals surface area contributed by atoms with Crippen LogP contribution in [0.3, 0.4) is 0 Å². The number of esters is 1. The summed E-state index contributed by atoms with van der Waals surface area (Å²) in [7, 11) is 3.22. The second-order valence-corrected chi connectivity index (χ2v) is 2.86. The van der Waals surface area contributed by atoms with Gasteiger partial charge in [0.2, 0.25) is 0 Å². The Morgan fingerprint density at radius 1 is 1.77 bits per heavy atom. The fourth-order valence-corrected chi connectivity index (χ4v) is 1.36. The van der Waals surface area contributed by atoms with Crippen LogP contribution < -0.4 is 0 Å². The molecule has 4 nitrogen and oxygen atoms in total. The smallest absolute Gasteiger partial charge is 0.314 e. The molecule has 13 heavy (non-hydrogen) atoms. The van der Waals surface area contributed by atoms with Crippen molar-refractivity contribution in [2.24, 2.45) is 7.05 Å². The molecule has 0 aliphatic carbocycles. The van der Waals surface area contributed by atoms with Gasteiger partial charge >= 0.3 is 5.97 Å². The number of ether oxygens (including phenoxy) is 1. The minimum Gasteiger partial charge on any atom is -0.469 e. The molecule has 0 radical (unpaired) electrons. The number of carbonyl (C=O) groups excluding carboxylic acids is 1. The van der Waals surface area contributed by atoms with Crippen LogP contribution in [0.2, 0.25) is 0 Å². The summed E-state index contributed by atoms with van der Waals surface area (Å²) in [4.78, 5) is 11.3. The van der Waals surface area contributed by atoms with E-state index in [1.54, 1.807) is 10.9 Å². The van der Waals surface area contributed by atoms with Crippen LogP contribution >= 0.6 is 0 Å². The normalized spacial score (nSPS) is 12.5. The van der Waals surface area contributed by atoms with Gasteiger partial charge in [-0.25, -0.2) is 0 Å². The average Bonchev–Trinajstić information content (AvgIpc) is 2.53. The maximum Gasteiger partial charge on any atom is 0.314 e. The highest BCUT2D eigenvalue weighted by molar-refractivity contribution is 5.77. The first-order valence-corrected chi connectivity index (χ1v) is 4.26. The summed E-state index contributed by atoms with van der Waals surface area (Å²) in [6.45, 7) is 1.95. The van der Waals surface area contributed by atoms with E-state index < -0.39 is 0 Å². The Balaban J connectivity index is 2.90. The first-order chi connectivity index (χ1) is 6.20. The highest BCUT2D eigenvalue weighted by Crippen LogP contribution is 2.19. The van der Waals surface area contributed by atoms with Gasteiger partial charge in [-0.3, -0.25) is 9.48 Å². The van der Waals surface area contributed by atoms with Gasteiger partial charge in [0, 0.05) is 13.2 Å². The van der Waals surface area contributed by atoms with E-state index in [-0.39, 0.29) is 11.9 Å². The lowest BCUT2D eigenvalue weighted by atomic mass is 10.0. The van der Waals surface area contributed by atoms with E-state index in [1.807, 2.05) is 20.0 Å². The zero-order valence-electron chi connectivity index (χ0n) is 8.15. The van der Waals surface area contributed by atoms with Gasteiger partial charge in [-0.1, -0.05) is 6.92 Å². The minimum absolute atomic E-state index is 0.197. The van der Waals surface area contributed by atoms with Gasteiger partial charge in [-0.15, -0.1) is 0 Å². The summed E-state index contributed by atoms with van der Waals surface area (Å²) < 4.78 is 6.40. The van der Waals surface area contributed by atoms with Crippen LogP contribution in [0.4, 0.5) is 0 Å². The molecule has 0 bridgehead atoms. The van der Waals surface area contributed by atoms with Crippen LogP contribution in [0, 0.1) is 0 Å². The Morgan fingerprint density at radius 2 is 2.46 bits per heavy atom. The number of aryl methyl sites for hydroxylation is 1. The SMILES string of the molecule is CCC(C(=O)OC)c1ccnn1C. The van der Waals surface area contributed by atoms with E-state index in [2.05, 4.69) is 5.10 Å². The van der Waals surface area contributed by atoms with Crippen molar-refractivity contribution >= 4 is 5.97 Å². The van der Waals surface area contributed by atoms with Crippen LogP contribution in [0.15, 0.2) is 12.3 Å². The number of hydrogen-bond acceptors (Lipinski definition) is 3. The number of methoxy groups -OCH3 is 1. The van der Waals surface area contributed by atoms with Crippen LogP contribution in [0.5, 0.6) is 0 Å². The summed E-state index contributed by atoms with van der Waals surface area (Å²) in [5.74, 6) is -0.399. The van der Waals surface area contributed by atoms with Gasteiger partial charge in [0.25, 0.3) is 0 Å². The number of nitrogens with zero attached hydrogens (tertiary/aromatic N) is 2. The quantitative estimate of drug-likeness (QED) is 0.657. The Kier molecular flexibility index (Phi) is 3.06. The molecule has 0 spiro atoms. The average molecular weight is 182 g/mol. The van der Waals surface area contributed by atoms with Gasteiger partial charge in [-0.05, 0) is 12.5 Å². The Hall–Kier alpha value is -1.32. The van der Waals surface area contributed by atoms with E-state index >= 15 is 0 Å².